The summed E-state index contributed by atoms with van der Waals surface area (Å²) in [6, 6.07) is -4.85. The van der Waals surface area contributed by atoms with Crippen molar-refractivity contribution in [2.24, 2.45) is 11.5 Å². The van der Waals surface area contributed by atoms with E-state index in [0.29, 0.717) is 5.69 Å². The Kier molecular flexibility index (Phi) is 7.68. The number of carbonyl (C=O) groups is 4. The van der Waals surface area contributed by atoms with Crippen molar-refractivity contribution in [3.8, 4) is 0 Å². The van der Waals surface area contributed by atoms with E-state index >= 15 is 0 Å². The minimum atomic E-state index is -1.47. The van der Waals surface area contributed by atoms with Crippen molar-refractivity contribution in [1.29, 1.82) is 0 Å². The maximum Gasteiger partial charge on any atom is 0.327 e. The maximum atomic E-state index is 11.9. The first-order valence-electron chi connectivity index (χ1n) is 7.65. The van der Waals surface area contributed by atoms with Gasteiger partial charge in [0, 0.05) is 24.4 Å². The van der Waals surface area contributed by atoms with Crippen LogP contribution >= 0.6 is 0 Å². The maximum absolute atomic E-state index is 11.9. The van der Waals surface area contributed by atoms with Gasteiger partial charge in [-0.15, -0.1) is 0 Å². The summed E-state index contributed by atoms with van der Waals surface area (Å²) in [7, 11) is 0. The number of hydrogen-bond donors (Lipinski definition) is 7. The van der Waals surface area contributed by atoms with Gasteiger partial charge < -0.3 is 32.0 Å². The summed E-state index contributed by atoms with van der Waals surface area (Å²) in [6.07, 6.45) is 2.42. The highest BCUT2D eigenvalue weighted by atomic mass is 16.4. The number of carboxylic acid groups (broad SMARTS) is 2. The molecule has 1 aromatic heterocycles. The monoisotopic (exact) mass is 370 g/mol. The van der Waals surface area contributed by atoms with Crippen LogP contribution in [0.5, 0.6) is 0 Å². The van der Waals surface area contributed by atoms with Gasteiger partial charge in [0.25, 0.3) is 0 Å². The normalized spacial score (nSPS) is 15.5. The average molecular weight is 370 g/mol. The lowest BCUT2D eigenvalue weighted by atomic mass is 10.1. The summed E-state index contributed by atoms with van der Waals surface area (Å²) in [5.41, 5.74) is 11.0. The zero-order valence-electron chi connectivity index (χ0n) is 14.0. The summed E-state index contributed by atoms with van der Waals surface area (Å²) in [6.45, 7) is 1.40. The van der Waals surface area contributed by atoms with E-state index in [1.54, 1.807) is 0 Å². The Hall–Kier alpha value is -2.99. The molecule has 0 aromatic carbocycles. The smallest absolute Gasteiger partial charge is 0.327 e. The lowest BCUT2D eigenvalue weighted by molar-refractivity contribution is -0.144. The van der Waals surface area contributed by atoms with Gasteiger partial charge in [0.1, 0.15) is 12.1 Å². The van der Waals surface area contributed by atoms with Crippen LogP contribution in [-0.2, 0) is 25.6 Å². The molecule has 0 aliphatic heterocycles. The number of carbonyl (C=O) groups excluding carboxylic acids is 2. The van der Waals surface area contributed by atoms with Gasteiger partial charge in [-0.25, -0.2) is 9.78 Å². The van der Waals surface area contributed by atoms with E-state index in [1.165, 1.54) is 19.4 Å². The molecule has 0 aliphatic rings. The lowest BCUT2D eigenvalue weighted by Crippen LogP contribution is -2.59. The highest BCUT2D eigenvalue weighted by Gasteiger charge is 2.32. The Balaban J connectivity index is 2.77. The fourth-order valence-electron chi connectivity index (χ4n) is 2.22. The molecule has 2 amide bonds. The quantitative estimate of drug-likeness (QED) is 0.213. The number of rotatable bonds is 11. The number of hydrogen-bond acceptors (Lipinski definition) is 7. The van der Waals surface area contributed by atoms with E-state index in [-0.39, 0.29) is 6.42 Å². The van der Waals surface area contributed by atoms with Gasteiger partial charge in [-0.1, -0.05) is 0 Å². The molecule has 0 aliphatic carbocycles. The predicted molar refractivity (Wildman–Crippen MR) is 87.7 cm³/mol. The van der Waals surface area contributed by atoms with E-state index in [2.05, 4.69) is 20.6 Å². The van der Waals surface area contributed by atoms with Crippen molar-refractivity contribution >= 4 is 23.8 Å². The molecule has 0 saturated carbocycles. The third kappa shape index (κ3) is 6.49. The van der Waals surface area contributed by atoms with Crippen molar-refractivity contribution in [1.82, 2.24) is 20.6 Å². The lowest BCUT2D eigenvalue weighted by Gasteiger charge is -2.26. The third-order valence-corrected chi connectivity index (χ3v) is 3.56. The molecule has 12 nitrogen and oxygen atoms in total. The first-order valence-corrected chi connectivity index (χ1v) is 7.65. The number of nitrogens with zero attached hydrogens (tertiary/aromatic N) is 1. The number of imidazole rings is 1. The molecule has 12 heteroatoms. The molecule has 1 heterocycles. The molecule has 9 N–H and O–H groups in total. The third-order valence-electron chi connectivity index (χ3n) is 3.56. The van der Waals surface area contributed by atoms with Crippen LogP contribution < -0.4 is 22.1 Å². The molecule has 1 rings (SSSR count). The molecule has 1 aromatic rings. The van der Waals surface area contributed by atoms with Crippen molar-refractivity contribution in [2.45, 2.75) is 43.9 Å². The summed E-state index contributed by atoms with van der Waals surface area (Å²) in [5.74, 6) is -4.29. The van der Waals surface area contributed by atoms with Crippen molar-refractivity contribution in [3.63, 3.8) is 0 Å². The molecule has 0 radical (unpaired) electrons. The summed E-state index contributed by atoms with van der Waals surface area (Å²) >= 11 is 0. The molecule has 0 spiro atoms. The topological polar surface area (TPSA) is 214 Å². The van der Waals surface area contributed by atoms with Crippen molar-refractivity contribution in [3.05, 3.63) is 18.2 Å². The molecule has 0 fully saturated rings. The van der Waals surface area contributed by atoms with Crippen molar-refractivity contribution in [2.75, 3.05) is 0 Å². The van der Waals surface area contributed by atoms with Crippen LogP contribution in [-0.4, -0.2) is 68.1 Å². The predicted octanol–water partition coefficient (Wildman–Crippen LogP) is -2.84. The number of aromatic amines is 1. The number of primary amides is 1. The molecule has 0 unspecified atom stereocenters. The Morgan fingerprint density at radius 1 is 1.27 bits per heavy atom. The van der Waals surface area contributed by atoms with Crippen LogP contribution in [0.25, 0.3) is 0 Å². The van der Waals surface area contributed by atoms with Crippen LogP contribution in [0.3, 0.4) is 0 Å². The van der Waals surface area contributed by atoms with Crippen LogP contribution in [0.1, 0.15) is 19.0 Å². The molecule has 0 bridgehead atoms. The van der Waals surface area contributed by atoms with Crippen LogP contribution in [0.4, 0.5) is 0 Å². The molecule has 144 valence electrons. The number of nitrogens with one attached hydrogen (secondary N) is 3. The van der Waals surface area contributed by atoms with Crippen molar-refractivity contribution < 1.29 is 29.4 Å². The van der Waals surface area contributed by atoms with Gasteiger partial charge in [-0.2, -0.15) is 0 Å². The van der Waals surface area contributed by atoms with E-state index in [4.69, 9.17) is 11.5 Å². The zero-order valence-corrected chi connectivity index (χ0v) is 14.0. The molecular weight excluding hydrogens is 348 g/mol. The number of aliphatic carboxylic acids is 2. The second kappa shape index (κ2) is 9.48. The Bertz CT molecular complexity index is 648. The Morgan fingerprint density at radius 3 is 2.38 bits per heavy atom. The summed E-state index contributed by atoms with van der Waals surface area (Å²) < 4.78 is 0. The first-order chi connectivity index (χ1) is 12.1. The summed E-state index contributed by atoms with van der Waals surface area (Å²) in [4.78, 5) is 52.1. The fourth-order valence-corrected chi connectivity index (χ4v) is 2.22. The number of carboxylic acids is 2. The van der Waals surface area contributed by atoms with E-state index in [9.17, 15) is 29.4 Å². The van der Waals surface area contributed by atoms with Gasteiger partial charge in [-0.3, -0.25) is 19.7 Å². The standard InChI is InChI=1S/C14H22N6O6/c1-6(19-9(13(23)24)2-7-4-17-5-18-7)11(14(25)26)20-12(22)8(15)3-10(16)21/h4-6,8-9,11,19H,2-3,15H2,1H3,(H2,16,21)(H,17,18)(H,20,22)(H,23,24)(H,25,26)/t6-,8+,9+,11+/m0/s1. The number of amides is 2. The minimum absolute atomic E-state index is 0.0289. The van der Waals surface area contributed by atoms with Gasteiger partial charge in [0.15, 0.2) is 0 Å². The number of H-pyrrole nitrogens is 1. The largest absolute Gasteiger partial charge is 0.480 e. The second-order valence-electron chi connectivity index (χ2n) is 5.73. The average Bonchev–Trinajstić information content (AvgIpc) is 3.03. The van der Waals surface area contributed by atoms with E-state index in [0.717, 1.165) is 0 Å². The van der Waals surface area contributed by atoms with Gasteiger partial charge >= 0.3 is 11.9 Å². The summed E-state index contributed by atoms with van der Waals surface area (Å²) in [5, 5.41) is 23.4. The van der Waals surface area contributed by atoms with E-state index < -0.39 is 54.3 Å². The van der Waals surface area contributed by atoms with Gasteiger partial charge in [0.05, 0.1) is 18.8 Å². The van der Waals surface area contributed by atoms with Crippen LogP contribution in [0.15, 0.2) is 12.5 Å². The Morgan fingerprint density at radius 2 is 1.92 bits per heavy atom. The van der Waals surface area contributed by atoms with Gasteiger partial charge in [0.2, 0.25) is 11.8 Å². The molecule has 0 saturated heterocycles. The number of aromatic nitrogens is 2. The second-order valence-corrected chi connectivity index (χ2v) is 5.73. The van der Waals surface area contributed by atoms with Gasteiger partial charge in [-0.05, 0) is 6.92 Å². The van der Waals surface area contributed by atoms with Crippen LogP contribution in [0.2, 0.25) is 0 Å². The SMILES string of the molecule is C[C@H](N[C@H](Cc1cnc[nH]1)C(=O)O)[C@@H](NC(=O)[C@H](N)CC(N)=O)C(=O)O. The van der Waals surface area contributed by atoms with Crippen LogP contribution in [0, 0.1) is 0 Å². The highest BCUT2D eigenvalue weighted by Crippen LogP contribution is 2.03. The van der Waals surface area contributed by atoms with E-state index in [1.807, 2.05) is 0 Å². The molecular formula is C14H22N6O6. The molecule has 4 atom stereocenters. The first kappa shape index (κ1) is 21.1. The zero-order chi connectivity index (χ0) is 19.9. The molecule has 26 heavy (non-hydrogen) atoms. The minimum Gasteiger partial charge on any atom is -0.480 e. The Labute approximate surface area is 148 Å². The fraction of sp³-hybridized carbons (Fsp3) is 0.500. The highest BCUT2D eigenvalue weighted by molar-refractivity contribution is 5.90. The number of nitrogens with two attached hydrogens (primary N) is 2.